The van der Waals surface area contributed by atoms with Crippen LogP contribution in [-0.2, 0) is 23.3 Å². The molecule has 0 fully saturated rings. The number of fused-ring (bicyclic) bond motifs is 1. The summed E-state index contributed by atoms with van der Waals surface area (Å²) in [6.45, 7) is 9.17. The monoisotopic (exact) mass is 208 g/mol. The Morgan fingerprint density at radius 2 is 2.33 bits per heavy atom. The molecule has 0 bridgehead atoms. The Kier molecular flexibility index (Phi) is 2.83. The van der Waals surface area contributed by atoms with Crippen LogP contribution in [0.1, 0.15) is 45.0 Å². The van der Waals surface area contributed by atoms with E-state index in [9.17, 15) is 0 Å². The average Bonchev–Trinajstić information content (AvgIpc) is 2.61. The first-order valence-electron chi connectivity index (χ1n) is 5.78. The molecule has 1 aliphatic rings. The summed E-state index contributed by atoms with van der Waals surface area (Å²) in [5, 5.41) is 4.68. The van der Waals surface area contributed by atoms with Crippen LogP contribution in [0.15, 0.2) is 6.07 Å². The quantitative estimate of drug-likeness (QED) is 0.763. The average molecular weight is 208 g/mol. The Morgan fingerprint density at radius 3 is 3.00 bits per heavy atom. The van der Waals surface area contributed by atoms with Crippen molar-refractivity contribution >= 4 is 0 Å². The molecule has 1 aromatic heterocycles. The van der Waals surface area contributed by atoms with Gasteiger partial charge in [-0.15, -0.1) is 0 Å². The lowest BCUT2D eigenvalue weighted by Gasteiger charge is -2.21. The highest BCUT2D eigenvalue weighted by Crippen LogP contribution is 2.28. The number of rotatable bonds is 3. The van der Waals surface area contributed by atoms with Gasteiger partial charge in [0.25, 0.3) is 0 Å². The van der Waals surface area contributed by atoms with E-state index >= 15 is 0 Å². The van der Waals surface area contributed by atoms with Crippen molar-refractivity contribution in [2.45, 2.75) is 52.2 Å². The third kappa shape index (κ3) is 2.07. The third-order valence-electron chi connectivity index (χ3n) is 3.13. The molecule has 0 spiro atoms. The van der Waals surface area contributed by atoms with Crippen molar-refractivity contribution in [3.05, 3.63) is 17.5 Å². The van der Waals surface area contributed by atoms with E-state index in [1.54, 1.807) is 0 Å². The maximum Gasteiger partial charge on any atom is 0.0885 e. The van der Waals surface area contributed by atoms with Crippen LogP contribution in [0.2, 0.25) is 0 Å². The number of ether oxygens (including phenoxy) is 1. The van der Waals surface area contributed by atoms with E-state index in [0.717, 1.165) is 19.8 Å². The summed E-state index contributed by atoms with van der Waals surface area (Å²) in [7, 11) is 0. The summed E-state index contributed by atoms with van der Waals surface area (Å²) >= 11 is 0. The summed E-state index contributed by atoms with van der Waals surface area (Å²) in [5.74, 6) is 0. The third-order valence-corrected chi connectivity index (χ3v) is 3.13. The lowest BCUT2D eigenvalue weighted by molar-refractivity contribution is 0.0799. The van der Waals surface area contributed by atoms with E-state index in [-0.39, 0.29) is 5.41 Å². The molecule has 2 rings (SSSR count). The second-order valence-electron chi connectivity index (χ2n) is 4.93. The SMILES string of the molecule is CCCC(C)(C)c1cc2n(n1)CCOC2. The first-order valence-corrected chi connectivity index (χ1v) is 5.78. The van der Waals surface area contributed by atoms with Gasteiger partial charge in [0.1, 0.15) is 0 Å². The van der Waals surface area contributed by atoms with Crippen LogP contribution in [0.3, 0.4) is 0 Å². The fraction of sp³-hybridized carbons (Fsp3) is 0.750. The molecule has 3 heteroatoms. The molecular formula is C12H20N2O. The van der Waals surface area contributed by atoms with E-state index in [0.29, 0.717) is 0 Å². The highest BCUT2D eigenvalue weighted by atomic mass is 16.5. The Morgan fingerprint density at radius 1 is 1.53 bits per heavy atom. The largest absolute Gasteiger partial charge is 0.373 e. The van der Waals surface area contributed by atoms with Crippen LogP contribution < -0.4 is 0 Å². The van der Waals surface area contributed by atoms with Crippen LogP contribution in [0.25, 0.3) is 0 Å². The summed E-state index contributed by atoms with van der Waals surface area (Å²) in [4.78, 5) is 0. The van der Waals surface area contributed by atoms with Gasteiger partial charge in [0.05, 0.1) is 31.1 Å². The van der Waals surface area contributed by atoms with Crippen LogP contribution in [0.5, 0.6) is 0 Å². The van der Waals surface area contributed by atoms with Crippen molar-refractivity contribution < 1.29 is 4.74 Å². The van der Waals surface area contributed by atoms with E-state index in [1.807, 2.05) is 0 Å². The Hall–Kier alpha value is -0.830. The molecule has 0 aliphatic carbocycles. The predicted octanol–water partition coefficient (Wildman–Crippen LogP) is 2.49. The van der Waals surface area contributed by atoms with Crippen molar-refractivity contribution in [1.82, 2.24) is 9.78 Å². The zero-order valence-electron chi connectivity index (χ0n) is 9.92. The zero-order valence-corrected chi connectivity index (χ0v) is 9.92. The molecule has 15 heavy (non-hydrogen) atoms. The number of nitrogens with zero attached hydrogens (tertiary/aromatic N) is 2. The molecule has 3 nitrogen and oxygen atoms in total. The fourth-order valence-electron chi connectivity index (χ4n) is 2.18. The Labute approximate surface area is 91.4 Å². The van der Waals surface area contributed by atoms with Gasteiger partial charge in [-0.1, -0.05) is 27.2 Å². The van der Waals surface area contributed by atoms with Gasteiger partial charge in [0, 0.05) is 5.41 Å². The molecule has 0 amide bonds. The predicted molar refractivity (Wildman–Crippen MR) is 59.8 cm³/mol. The standard InChI is InChI=1S/C12H20N2O/c1-4-5-12(2,3)11-8-10-9-15-7-6-14(10)13-11/h8H,4-7,9H2,1-3H3. The van der Waals surface area contributed by atoms with Gasteiger partial charge in [-0.25, -0.2) is 0 Å². The van der Waals surface area contributed by atoms with Gasteiger partial charge in [0.2, 0.25) is 0 Å². The number of hydrogen-bond donors (Lipinski definition) is 0. The minimum atomic E-state index is 0.194. The van der Waals surface area contributed by atoms with E-state index in [2.05, 4.69) is 36.6 Å². The zero-order chi connectivity index (χ0) is 10.9. The van der Waals surface area contributed by atoms with Gasteiger partial charge < -0.3 is 4.74 Å². The van der Waals surface area contributed by atoms with Crippen LogP contribution in [0, 0.1) is 0 Å². The first-order chi connectivity index (χ1) is 7.13. The van der Waals surface area contributed by atoms with Crippen molar-refractivity contribution in [3.63, 3.8) is 0 Å². The molecule has 84 valence electrons. The van der Waals surface area contributed by atoms with E-state index in [1.165, 1.54) is 24.2 Å². The lowest BCUT2D eigenvalue weighted by Crippen LogP contribution is -2.19. The van der Waals surface area contributed by atoms with E-state index in [4.69, 9.17) is 4.74 Å². The second kappa shape index (κ2) is 3.97. The number of hydrogen-bond acceptors (Lipinski definition) is 2. The second-order valence-corrected chi connectivity index (χ2v) is 4.93. The van der Waals surface area contributed by atoms with Crippen molar-refractivity contribution in [2.75, 3.05) is 6.61 Å². The summed E-state index contributed by atoms with van der Waals surface area (Å²) in [6.07, 6.45) is 2.38. The highest BCUT2D eigenvalue weighted by molar-refractivity contribution is 5.18. The van der Waals surface area contributed by atoms with E-state index < -0.39 is 0 Å². The van der Waals surface area contributed by atoms with Crippen LogP contribution >= 0.6 is 0 Å². The lowest BCUT2D eigenvalue weighted by atomic mass is 9.84. The van der Waals surface area contributed by atoms with Crippen molar-refractivity contribution in [3.8, 4) is 0 Å². The summed E-state index contributed by atoms with van der Waals surface area (Å²) < 4.78 is 7.51. The molecule has 1 aliphatic heterocycles. The normalized spacial score (nSPS) is 16.5. The maximum atomic E-state index is 5.42. The van der Waals surface area contributed by atoms with Crippen LogP contribution in [-0.4, -0.2) is 16.4 Å². The first kappa shape index (κ1) is 10.7. The van der Waals surface area contributed by atoms with Gasteiger partial charge in [-0.05, 0) is 12.5 Å². The molecule has 0 aromatic carbocycles. The van der Waals surface area contributed by atoms with Gasteiger partial charge in [-0.2, -0.15) is 5.10 Å². The van der Waals surface area contributed by atoms with Gasteiger partial charge in [0.15, 0.2) is 0 Å². The topological polar surface area (TPSA) is 27.1 Å². The molecule has 0 atom stereocenters. The number of aromatic nitrogens is 2. The van der Waals surface area contributed by atoms with Crippen molar-refractivity contribution in [1.29, 1.82) is 0 Å². The van der Waals surface area contributed by atoms with Gasteiger partial charge >= 0.3 is 0 Å². The molecule has 1 aromatic rings. The molecule has 2 heterocycles. The van der Waals surface area contributed by atoms with Crippen molar-refractivity contribution in [2.24, 2.45) is 0 Å². The molecule has 0 radical (unpaired) electrons. The molecule has 0 saturated carbocycles. The minimum absolute atomic E-state index is 0.194. The molecule has 0 unspecified atom stereocenters. The van der Waals surface area contributed by atoms with Gasteiger partial charge in [-0.3, -0.25) is 4.68 Å². The summed E-state index contributed by atoms with van der Waals surface area (Å²) in [6, 6.07) is 2.20. The molecular weight excluding hydrogens is 188 g/mol. The Balaban J connectivity index is 2.25. The highest BCUT2D eigenvalue weighted by Gasteiger charge is 2.25. The smallest absolute Gasteiger partial charge is 0.0885 e. The molecule has 0 N–H and O–H groups in total. The minimum Gasteiger partial charge on any atom is -0.373 e. The summed E-state index contributed by atoms with van der Waals surface area (Å²) in [5.41, 5.74) is 2.63. The maximum absolute atomic E-state index is 5.42. The van der Waals surface area contributed by atoms with Crippen LogP contribution in [0.4, 0.5) is 0 Å². The molecule has 0 saturated heterocycles. The fourth-order valence-corrected chi connectivity index (χ4v) is 2.18. The Bertz CT molecular complexity index is 318.